The lowest BCUT2D eigenvalue weighted by Gasteiger charge is -2.31. The summed E-state index contributed by atoms with van der Waals surface area (Å²) in [7, 11) is 0. The Kier molecular flexibility index (Phi) is 5.96. The Balaban J connectivity index is 2.34. The van der Waals surface area contributed by atoms with E-state index in [0.29, 0.717) is 6.04 Å². The molecule has 88 valence electrons. The summed E-state index contributed by atoms with van der Waals surface area (Å²) in [4.78, 5) is 2.50. The van der Waals surface area contributed by atoms with Crippen molar-refractivity contribution in [1.82, 2.24) is 4.90 Å². The Morgan fingerprint density at radius 1 is 1.40 bits per heavy atom. The highest BCUT2D eigenvalue weighted by atomic mass is 16.5. The Hall–Kier alpha value is -0.340. The number of allylic oxidation sites excluding steroid dienone is 1. The molecule has 1 fully saturated rings. The normalized spacial score (nSPS) is 21.7. The van der Waals surface area contributed by atoms with Crippen LogP contribution >= 0.6 is 0 Å². The lowest BCUT2D eigenvalue weighted by molar-refractivity contribution is 0.0285. The first kappa shape index (κ1) is 12.7. The van der Waals surface area contributed by atoms with E-state index in [-0.39, 0.29) is 0 Å². The standard InChI is InChI=1S/C13H25NO/c1-4-5-6-12(2)11-13(3)14-7-9-15-10-8-14/h11,13H,4-10H2,1-3H3/b12-11+. The SMILES string of the molecule is CCCC/C(C)=C/C(C)N1CCOCC1. The molecule has 15 heavy (non-hydrogen) atoms. The van der Waals surface area contributed by atoms with Gasteiger partial charge in [-0.1, -0.05) is 25.0 Å². The van der Waals surface area contributed by atoms with Crippen molar-refractivity contribution in [2.75, 3.05) is 26.3 Å². The van der Waals surface area contributed by atoms with Crippen LogP contribution in [0.25, 0.3) is 0 Å². The minimum absolute atomic E-state index is 0.575. The topological polar surface area (TPSA) is 12.5 Å². The predicted octanol–water partition coefficient (Wildman–Crippen LogP) is 2.84. The molecular weight excluding hydrogens is 186 g/mol. The molecule has 0 bridgehead atoms. The zero-order valence-corrected chi connectivity index (χ0v) is 10.5. The molecule has 1 unspecified atom stereocenters. The molecule has 0 aliphatic carbocycles. The molecule has 0 N–H and O–H groups in total. The molecule has 2 heteroatoms. The summed E-state index contributed by atoms with van der Waals surface area (Å²) in [6.07, 6.45) is 6.28. The van der Waals surface area contributed by atoms with Crippen LogP contribution in [-0.2, 0) is 4.74 Å². The molecule has 1 aliphatic rings. The van der Waals surface area contributed by atoms with E-state index in [1.165, 1.54) is 24.8 Å². The predicted molar refractivity (Wildman–Crippen MR) is 65.1 cm³/mol. The number of ether oxygens (including phenoxy) is 1. The van der Waals surface area contributed by atoms with Crippen LogP contribution in [0.2, 0.25) is 0 Å². The summed E-state index contributed by atoms with van der Waals surface area (Å²) in [6.45, 7) is 10.8. The van der Waals surface area contributed by atoms with Gasteiger partial charge in [0.05, 0.1) is 13.2 Å². The maximum Gasteiger partial charge on any atom is 0.0594 e. The molecular formula is C13H25NO. The van der Waals surface area contributed by atoms with Crippen LogP contribution in [0.4, 0.5) is 0 Å². The van der Waals surface area contributed by atoms with Crippen LogP contribution in [-0.4, -0.2) is 37.2 Å². The number of rotatable bonds is 5. The van der Waals surface area contributed by atoms with Gasteiger partial charge < -0.3 is 4.74 Å². The van der Waals surface area contributed by atoms with Gasteiger partial charge in [-0.15, -0.1) is 0 Å². The van der Waals surface area contributed by atoms with Crippen molar-refractivity contribution >= 4 is 0 Å². The van der Waals surface area contributed by atoms with E-state index in [2.05, 4.69) is 31.7 Å². The first-order valence-electron chi connectivity index (χ1n) is 6.23. The van der Waals surface area contributed by atoms with Gasteiger partial charge in [-0.25, -0.2) is 0 Å². The van der Waals surface area contributed by atoms with E-state index in [1.54, 1.807) is 0 Å². The van der Waals surface area contributed by atoms with Crippen LogP contribution < -0.4 is 0 Å². The minimum Gasteiger partial charge on any atom is -0.379 e. The third-order valence-corrected chi connectivity index (χ3v) is 3.07. The fourth-order valence-electron chi connectivity index (χ4n) is 2.04. The maximum atomic E-state index is 5.36. The summed E-state index contributed by atoms with van der Waals surface area (Å²) in [5, 5.41) is 0. The third-order valence-electron chi connectivity index (χ3n) is 3.07. The quantitative estimate of drug-likeness (QED) is 0.648. The highest BCUT2D eigenvalue weighted by molar-refractivity contribution is 5.03. The highest BCUT2D eigenvalue weighted by Gasteiger charge is 2.14. The monoisotopic (exact) mass is 211 g/mol. The van der Waals surface area contributed by atoms with Crippen LogP contribution in [0.3, 0.4) is 0 Å². The Morgan fingerprint density at radius 2 is 2.07 bits per heavy atom. The molecule has 1 aliphatic heterocycles. The van der Waals surface area contributed by atoms with Gasteiger partial charge >= 0.3 is 0 Å². The van der Waals surface area contributed by atoms with Gasteiger partial charge in [0, 0.05) is 19.1 Å². The second-order valence-electron chi connectivity index (χ2n) is 4.51. The maximum absolute atomic E-state index is 5.36. The highest BCUT2D eigenvalue weighted by Crippen LogP contribution is 2.11. The van der Waals surface area contributed by atoms with Crippen molar-refractivity contribution in [2.45, 2.75) is 46.1 Å². The van der Waals surface area contributed by atoms with Gasteiger partial charge in [-0.2, -0.15) is 0 Å². The van der Waals surface area contributed by atoms with Gasteiger partial charge in [-0.3, -0.25) is 4.90 Å². The summed E-state index contributed by atoms with van der Waals surface area (Å²) < 4.78 is 5.36. The van der Waals surface area contributed by atoms with E-state index in [4.69, 9.17) is 4.74 Å². The van der Waals surface area contributed by atoms with Crippen LogP contribution in [0, 0.1) is 0 Å². The molecule has 1 atom stereocenters. The van der Waals surface area contributed by atoms with E-state index in [1.807, 2.05) is 0 Å². The van der Waals surface area contributed by atoms with Crippen LogP contribution in [0.1, 0.15) is 40.0 Å². The van der Waals surface area contributed by atoms with Crippen molar-refractivity contribution in [3.8, 4) is 0 Å². The van der Waals surface area contributed by atoms with Crippen LogP contribution in [0.15, 0.2) is 11.6 Å². The summed E-state index contributed by atoms with van der Waals surface area (Å²) in [5.41, 5.74) is 1.54. The van der Waals surface area contributed by atoms with Gasteiger partial charge in [0.1, 0.15) is 0 Å². The number of unbranched alkanes of at least 4 members (excludes halogenated alkanes) is 1. The second-order valence-corrected chi connectivity index (χ2v) is 4.51. The van der Waals surface area contributed by atoms with Crippen molar-refractivity contribution in [2.24, 2.45) is 0 Å². The van der Waals surface area contributed by atoms with E-state index < -0.39 is 0 Å². The van der Waals surface area contributed by atoms with Gasteiger partial charge in [0.25, 0.3) is 0 Å². The Bertz CT molecular complexity index is 195. The van der Waals surface area contributed by atoms with E-state index in [0.717, 1.165) is 26.3 Å². The second kappa shape index (κ2) is 7.02. The molecule has 0 saturated carbocycles. The fraction of sp³-hybridized carbons (Fsp3) is 0.846. The molecule has 1 rings (SSSR count). The third kappa shape index (κ3) is 4.80. The molecule has 2 nitrogen and oxygen atoms in total. The lowest BCUT2D eigenvalue weighted by Crippen LogP contribution is -2.41. The lowest BCUT2D eigenvalue weighted by atomic mass is 10.1. The minimum atomic E-state index is 0.575. The van der Waals surface area contributed by atoms with Gasteiger partial charge in [0.15, 0.2) is 0 Å². The molecule has 0 aromatic rings. The smallest absolute Gasteiger partial charge is 0.0594 e. The van der Waals surface area contributed by atoms with Crippen molar-refractivity contribution < 1.29 is 4.74 Å². The first-order chi connectivity index (χ1) is 7.24. The molecule has 0 amide bonds. The average molecular weight is 211 g/mol. The molecule has 0 spiro atoms. The zero-order valence-electron chi connectivity index (χ0n) is 10.5. The Labute approximate surface area is 94.3 Å². The van der Waals surface area contributed by atoms with E-state index >= 15 is 0 Å². The molecule has 0 aromatic carbocycles. The molecule has 1 heterocycles. The van der Waals surface area contributed by atoms with Crippen LogP contribution in [0.5, 0.6) is 0 Å². The number of morpholine rings is 1. The number of hydrogen-bond acceptors (Lipinski definition) is 2. The summed E-state index contributed by atoms with van der Waals surface area (Å²) >= 11 is 0. The Morgan fingerprint density at radius 3 is 2.67 bits per heavy atom. The summed E-state index contributed by atoms with van der Waals surface area (Å²) in [5.74, 6) is 0. The number of nitrogens with zero attached hydrogens (tertiary/aromatic N) is 1. The van der Waals surface area contributed by atoms with Gasteiger partial charge in [-0.05, 0) is 26.7 Å². The van der Waals surface area contributed by atoms with Crippen molar-refractivity contribution in [3.63, 3.8) is 0 Å². The van der Waals surface area contributed by atoms with E-state index in [9.17, 15) is 0 Å². The average Bonchev–Trinajstić information content (AvgIpc) is 2.27. The fourth-order valence-corrected chi connectivity index (χ4v) is 2.04. The van der Waals surface area contributed by atoms with Gasteiger partial charge in [0.2, 0.25) is 0 Å². The largest absolute Gasteiger partial charge is 0.379 e. The zero-order chi connectivity index (χ0) is 11.1. The number of hydrogen-bond donors (Lipinski definition) is 0. The molecule has 1 saturated heterocycles. The molecule has 0 aromatic heterocycles. The summed E-state index contributed by atoms with van der Waals surface area (Å²) in [6, 6.07) is 0.575. The molecule has 0 radical (unpaired) electrons. The van der Waals surface area contributed by atoms with Crippen molar-refractivity contribution in [3.05, 3.63) is 11.6 Å². The van der Waals surface area contributed by atoms with Crippen molar-refractivity contribution in [1.29, 1.82) is 0 Å². The first-order valence-corrected chi connectivity index (χ1v) is 6.23.